The summed E-state index contributed by atoms with van der Waals surface area (Å²) in [4.78, 5) is 16.1. The number of fused-ring (bicyclic) bond motifs is 3. The maximum atomic E-state index is 14.4. The molecule has 7 heteroatoms. The second kappa shape index (κ2) is 6.36. The summed E-state index contributed by atoms with van der Waals surface area (Å²) in [6.45, 7) is 8.25. The number of phenolic OH excluding ortho intramolecular Hbond substituents is 1. The molecular formula is C25H23N3O4. The van der Waals surface area contributed by atoms with Crippen LogP contribution in [0, 0.1) is 22.7 Å². The maximum absolute atomic E-state index is 14.4. The molecule has 3 heterocycles. The molecule has 162 valence electrons. The summed E-state index contributed by atoms with van der Waals surface area (Å²) in [6, 6.07) is 10.4. The minimum absolute atomic E-state index is 0.0458. The highest BCUT2D eigenvalue weighted by Gasteiger charge is 2.65. The SMILES string of the molecule is CCOc1cc2c3c(c1)C1(C(=O)N3C(C)(C)C=C2C)c2ccc(O)cc2OC(=N)C1C#N. The van der Waals surface area contributed by atoms with Crippen LogP contribution in [0.2, 0.25) is 0 Å². The number of phenols is 1. The second-order valence-corrected chi connectivity index (χ2v) is 8.94. The fourth-order valence-electron chi connectivity index (χ4n) is 5.46. The minimum Gasteiger partial charge on any atom is -0.508 e. The highest BCUT2D eigenvalue weighted by Crippen LogP contribution is 2.60. The van der Waals surface area contributed by atoms with Crippen molar-refractivity contribution in [1.82, 2.24) is 0 Å². The summed E-state index contributed by atoms with van der Waals surface area (Å²) in [5.41, 5.74) is 1.56. The zero-order chi connectivity index (χ0) is 23.0. The van der Waals surface area contributed by atoms with Gasteiger partial charge in [0.25, 0.3) is 0 Å². The molecule has 5 rings (SSSR count). The average molecular weight is 429 g/mol. The Labute approximate surface area is 186 Å². The molecule has 1 spiro atoms. The third kappa shape index (κ3) is 2.29. The quantitative estimate of drug-likeness (QED) is 0.747. The van der Waals surface area contributed by atoms with E-state index in [2.05, 4.69) is 6.07 Å². The Morgan fingerprint density at radius 3 is 2.72 bits per heavy atom. The van der Waals surface area contributed by atoms with Crippen LogP contribution in [0.25, 0.3) is 5.57 Å². The number of ether oxygens (including phenoxy) is 2. The van der Waals surface area contributed by atoms with Crippen LogP contribution in [-0.2, 0) is 10.2 Å². The number of nitriles is 1. The Hall–Kier alpha value is -3.79. The van der Waals surface area contributed by atoms with Gasteiger partial charge in [-0.3, -0.25) is 10.2 Å². The Balaban J connectivity index is 1.95. The van der Waals surface area contributed by atoms with E-state index >= 15 is 0 Å². The van der Waals surface area contributed by atoms with E-state index in [1.54, 1.807) is 11.0 Å². The molecule has 0 bridgehead atoms. The lowest BCUT2D eigenvalue weighted by Crippen LogP contribution is -2.56. The molecule has 0 fully saturated rings. The van der Waals surface area contributed by atoms with Gasteiger partial charge in [0.05, 0.1) is 23.9 Å². The largest absolute Gasteiger partial charge is 0.508 e. The lowest BCUT2D eigenvalue weighted by Gasteiger charge is -2.41. The molecule has 2 atom stereocenters. The van der Waals surface area contributed by atoms with E-state index in [9.17, 15) is 15.2 Å². The number of carbonyl (C=O) groups excluding carboxylic acids is 1. The van der Waals surface area contributed by atoms with Crippen molar-refractivity contribution >= 4 is 23.1 Å². The topological polar surface area (TPSA) is 107 Å². The number of carbonyl (C=O) groups is 1. The van der Waals surface area contributed by atoms with Crippen molar-refractivity contribution in [2.24, 2.45) is 5.92 Å². The number of hydrogen-bond donors (Lipinski definition) is 2. The molecule has 2 aromatic carbocycles. The molecule has 2 unspecified atom stereocenters. The van der Waals surface area contributed by atoms with Gasteiger partial charge >= 0.3 is 0 Å². The second-order valence-electron chi connectivity index (χ2n) is 8.94. The Morgan fingerprint density at radius 1 is 1.28 bits per heavy atom. The molecular weight excluding hydrogens is 406 g/mol. The predicted molar refractivity (Wildman–Crippen MR) is 119 cm³/mol. The summed E-state index contributed by atoms with van der Waals surface area (Å²) in [7, 11) is 0. The van der Waals surface area contributed by atoms with Crippen LogP contribution >= 0.6 is 0 Å². The minimum atomic E-state index is -1.49. The fourth-order valence-corrected chi connectivity index (χ4v) is 5.46. The number of benzene rings is 2. The summed E-state index contributed by atoms with van der Waals surface area (Å²) in [5.74, 6) is -1.03. The van der Waals surface area contributed by atoms with Gasteiger partial charge < -0.3 is 19.5 Å². The monoisotopic (exact) mass is 429 g/mol. The summed E-state index contributed by atoms with van der Waals surface area (Å²) >= 11 is 0. The fraction of sp³-hybridized carbons (Fsp3) is 0.320. The van der Waals surface area contributed by atoms with Crippen molar-refractivity contribution in [3.05, 3.63) is 53.1 Å². The molecule has 7 nitrogen and oxygen atoms in total. The van der Waals surface area contributed by atoms with E-state index in [-0.39, 0.29) is 23.3 Å². The first kappa shape index (κ1) is 20.1. The van der Waals surface area contributed by atoms with Gasteiger partial charge in [0, 0.05) is 22.8 Å². The Bertz CT molecular complexity index is 1290. The van der Waals surface area contributed by atoms with Crippen LogP contribution in [-0.4, -0.2) is 29.1 Å². The molecule has 0 aromatic heterocycles. The van der Waals surface area contributed by atoms with E-state index in [1.807, 2.05) is 45.9 Å². The van der Waals surface area contributed by atoms with Crippen molar-refractivity contribution in [3.8, 4) is 23.3 Å². The third-order valence-corrected chi connectivity index (χ3v) is 6.59. The molecule has 0 saturated heterocycles. The van der Waals surface area contributed by atoms with E-state index in [0.717, 1.165) is 16.8 Å². The van der Waals surface area contributed by atoms with Gasteiger partial charge in [-0.25, -0.2) is 0 Å². The van der Waals surface area contributed by atoms with E-state index < -0.39 is 16.9 Å². The first-order valence-corrected chi connectivity index (χ1v) is 10.5. The lowest BCUT2D eigenvalue weighted by atomic mass is 9.65. The zero-order valence-corrected chi connectivity index (χ0v) is 18.3. The number of rotatable bonds is 2. The smallest absolute Gasteiger partial charge is 0.245 e. The number of aromatic hydroxyl groups is 1. The van der Waals surface area contributed by atoms with Gasteiger partial charge in [0.2, 0.25) is 11.8 Å². The number of anilines is 1. The van der Waals surface area contributed by atoms with Gasteiger partial charge in [-0.15, -0.1) is 0 Å². The molecule has 2 N–H and O–H groups in total. The van der Waals surface area contributed by atoms with E-state index in [1.165, 1.54) is 12.1 Å². The highest BCUT2D eigenvalue weighted by molar-refractivity contribution is 6.18. The van der Waals surface area contributed by atoms with Crippen molar-refractivity contribution in [2.45, 2.75) is 38.6 Å². The summed E-state index contributed by atoms with van der Waals surface area (Å²) in [5, 5.41) is 28.7. The maximum Gasteiger partial charge on any atom is 0.245 e. The van der Waals surface area contributed by atoms with Crippen LogP contribution in [0.1, 0.15) is 44.4 Å². The molecule has 2 aromatic rings. The number of hydrogen-bond acceptors (Lipinski definition) is 6. The highest BCUT2D eigenvalue weighted by atomic mass is 16.5. The van der Waals surface area contributed by atoms with Crippen molar-refractivity contribution < 1.29 is 19.4 Å². The number of nitrogens with zero attached hydrogens (tertiary/aromatic N) is 2. The molecule has 3 aliphatic rings. The molecule has 32 heavy (non-hydrogen) atoms. The van der Waals surface area contributed by atoms with Gasteiger partial charge in [-0.1, -0.05) is 12.1 Å². The Kier molecular flexibility index (Phi) is 4.00. The molecule has 0 aliphatic carbocycles. The van der Waals surface area contributed by atoms with Gasteiger partial charge in [-0.05, 0) is 51.5 Å². The first-order chi connectivity index (χ1) is 15.2. The molecule has 0 radical (unpaired) electrons. The van der Waals surface area contributed by atoms with Crippen molar-refractivity contribution in [2.75, 3.05) is 11.5 Å². The number of allylic oxidation sites excluding steroid dienone is 1. The normalized spacial score (nSPS) is 24.4. The van der Waals surface area contributed by atoms with E-state index in [4.69, 9.17) is 14.9 Å². The Morgan fingerprint density at radius 2 is 2.03 bits per heavy atom. The van der Waals surface area contributed by atoms with Crippen molar-refractivity contribution in [3.63, 3.8) is 0 Å². The van der Waals surface area contributed by atoms with Crippen LogP contribution in [0.4, 0.5) is 5.69 Å². The average Bonchev–Trinajstić information content (AvgIpc) is 2.97. The van der Waals surface area contributed by atoms with Crippen LogP contribution in [0.15, 0.2) is 36.4 Å². The number of amides is 1. The lowest BCUT2D eigenvalue weighted by molar-refractivity contribution is -0.123. The van der Waals surface area contributed by atoms with Crippen molar-refractivity contribution in [1.29, 1.82) is 10.7 Å². The van der Waals surface area contributed by atoms with Gasteiger partial charge in [0.1, 0.15) is 28.6 Å². The predicted octanol–water partition coefficient (Wildman–Crippen LogP) is 4.13. The molecule has 1 amide bonds. The van der Waals surface area contributed by atoms with Gasteiger partial charge in [-0.2, -0.15) is 5.26 Å². The third-order valence-electron chi connectivity index (χ3n) is 6.59. The van der Waals surface area contributed by atoms with Gasteiger partial charge in [0.15, 0.2) is 0 Å². The standard InChI is InChI=1S/C25H23N3O4/c1-5-31-15-9-16-13(2)11-24(3,4)28-21(16)18(10-15)25(23(28)30)17-7-6-14(29)8-20(17)32-22(27)19(25)12-26/h6-11,19,27,29H,5H2,1-4H3. The van der Waals surface area contributed by atoms with Crippen LogP contribution in [0.5, 0.6) is 17.2 Å². The molecule has 0 saturated carbocycles. The van der Waals surface area contributed by atoms with Crippen LogP contribution < -0.4 is 14.4 Å². The molecule has 3 aliphatic heterocycles. The summed E-state index contributed by atoms with van der Waals surface area (Å²) < 4.78 is 11.5. The first-order valence-electron chi connectivity index (χ1n) is 10.5. The zero-order valence-electron chi connectivity index (χ0n) is 18.3. The van der Waals surface area contributed by atoms with Crippen LogP contribution in [0.3, 0.4) is 0 Å². The summed E-state index contributed by atoms with van der Waals surface area (Å²) in [6.07, 6.45) is 2.04. The van der Waals surface area contributed by atoms with E-state index in [0.29, 0.717) is 23.5 Å². The number of nitrogens with one attached hydrogen (secondary N) is 1.